The fourth-order valence-corrected chi connectivity index (χ4v) is 1.61. The Labute approximate surface area is 64.9 Å². The van der Waals surface area contributed by atoms with Crippen LogP contribution in [0.5, 0.6) is 0 Å². The second kappa shape index (κ2) is 3.37. The van der Waals surface area contributed by atoms with E-state index in [4.69, 9.17) is 0 Å². The van der Waals surface area contributed by atoms with Crippen LogP contribution in [0.2, 0.25) is 0 Å². The number of hydrogen-bond donors (Lipinski definition) is 0. The summed E-state index contributed by atoms with van der Waals surface area (Å²) in [6.45, 7) is 5.70. The highest BCUT2D eigenvalue weighted by atomic mass is 79.9. The Balaban J connectivity index is 2.39. The van der Waals surface area contributed by atoms with Gasteiger partial charge in [-0.25, -0.2) is 0 Å². The van der Waals surface area contributed by atoms with Crippen LogP contribution in [0.15, 0.2) is 10.6 Å². The molecule has 1 nitrogen and oxygen atoms in total. The van der Waals surface area contributed by atoms with Crippen molar-refractivity contribution < 1.29 is 0 Å². The van der Waals surface area contributed by atoms with Crippen LogP contribution < -0.4 is 0 Å². The summed E-state index contributed by atoms with van der Waals surface area (Å²) in [5.74, 6) is 0. The van der Waals surface area contributed by atoms with E-state index in [1.807, 2.05) is 0 Å². The number of nitrogens with zero attached hydrogens (tertiary/aromatic N) is 1. The molecule has 0 N–H and O–H groups in total. The van der Waals surface area contributed by atoms with Crippen molar-refractivity contribution >= 4 is 15.9 Å². The Morgan fingerprint density at radius 1 is 1.78 bits per heavy atom. The molecule has 0 unspecified atom stereocenters. The van der Waals surface area contributed by atoms with Crippen molar-refractivity contribution in [2.75, 3.05) is 19.6 Å². The molecule has 9 heavy (non-hydrogen) atoms. The van der Waals surface area contributed by atoms with E-state index in [0.29, 0.717) is 0 Å². The number of hydrogen-bond acceptors (Lipinski definition) is 1. The Hall–Kier alpha value is 0.180. The molecule has 0 atom stereocenters. The van der Waals surface area contributed by atoms with E-state index in [-0.39, 0.29) is 0 Å². The highest BCUT2D eigenvalue weighted by Gasteiger charge is 2.06. The first-order valence-electron chi connectivity index (χ1n) is 3.40. The molecule has 52 valence electrons. The van der Waals surface area contributed by atoms with E-state index in [9.17, 15) is 0 Å². The SMILES string of the molecule is CCN1CCC=C(Br)C1. The average Bonchev–Trinajstić information content (AvgIpc) is 1.88. The fraction of sp³-hybridized carbons (Fsp3) is 0.714. The third kappa shape index (κ3) is 2.11. The van der Waals surface area contributed by atoms with Gasteiger partial charge in [0.1, 0.15) is 0 Å². The molecular formula is C7H12BrN. The summed E-state index contributed by atoms with van der Waals surface area (Å²) in [7, 11) is 0. The minimum atomic E-state index is 1.11. The Kier molecular flexibility index (Phi) is 2.73. The van der Waals surface area contributed by atoms with Gasteiger partial charge in [0.05, 0.1) is 0 Å². The van der Waals surface area contributed by atoms with Crippen LogP contribution in [0, 0.1) is 0 Å². The summed E-state index contributed by atoms with van der Waals surface area (Å²) < 4.78 is 1.34. The van der Waals surface area contributed by atoms with Gasteiger partial charge in [-0.2, -0.15) is 0 Å². The van der Waals surface area contributed by atoms with Gasteiger partial charge < -0.3 is 0 Å². The van der Waals surface area contributed by atoms with Gasteiger partial charge in [-0.1, -0.05) is 28.9 Å². The first-order chi connectivity index (χ1) is 4.33. The smallest absolute Gasteiger partial charge is 0.0296 e. The molecule has 2 heteroatoms. The number of rotatable bonds is 1. The van der Waals surface area contributed by atoms with E-state index in [2.05, 4.69) is 33.8 Å². The average molecular weight is 190 g/mol. The van der Waals surface area contributed by atoms with Gasteiger partial charge in [-0.3, -0.25) is 4.90 Å². The second-order valence-electron chi connectivity index (χ2n) is 2.31. The monoisotopic (exact) mass is 189 g/mol. The van der Waals surface area contributed by atoms with E-state index >= 15 is 0 Å². The zero-order valence-corrected chi connectivity index (χ0v) is 7.32. The van der Waals surface area contributed by atoms with Gasteiger partial charge in [-0.15, -0.1) is 0 Å². The maximum atomic E-state index is 3.49. The normalized spacial score (nSPS) is 21.8. The molecule has 0 saturated heterocycles. The van der Waals surface area contributed by atoms with E-state index in [1.165, 1.54) is 24.0 Å². The number of likely N-dealkylation sites (N-methyl/N-ethyl adjacent to an activating group) is 1. The summed E-state index contributed by atoms with van der Waals surface area (Å²) in [4.78, 5) is 2.42. The zero-order valence-electron chi connectivity index (χ0n) is 5.73. The van der Waals surface area contributed by atoms with Gasteiger partial charge >= 0.3 is 0 Å². The predicted molar refractivity (Wildman–Crippen MR) is 43.7 cm³/mol. The van der Waals surface area contributed by atoms with Gasteiger partial charge in [0.15, 0.2) is 0 Å². The van der Waals surface area contributed by atoms with Crippen molar-refractivity contribution in [3.63, 3.8) is 0 Å². The van der Waals surface area contributed by atoms with Crippen molar-refractivity contribution in [2.45, 2.75) is 13.3 Å². The molecule has 1 aliphatic rings. The zero-order chi connectivity index (χ0) is 6.69. The molecule has 1 heterocycles. The van der Waals surface area contributed by atoms with Crippen molar-refractivity contribution in [1.82, 2.24) is 4.90 Å². The summed E-state index contributed by atoms with van der Waals surface area (Å²) >= 11 is 3.49. The first-order valence-corrected chi connectivity index (χ1v) is 4.19. The van der Waals surface area contributed by atoms with Crippen LogP contribution >= 0.6 is 15.9 Å². The third-order valence-corrected chi connectivity index (χ3v) is 2.21. The highest BCUT2D eigenvalue weighted by molar-refractivity contribution is 9.11. The minimum Gasteiger partial charge on any atom is -0.299 e. The minimum absolute atomic E-state index is 1.11. The molecular weight excluding hydrogens is 178 g/mol. The lowest BCUT2D eigenvalue weighted by molar-refractivity contribution is 0.313. The van der Waals surface area contributed by atoms with Crippen LogP contribution in [0.25, 0.3) is 0 Å². The lowest BCUT2D eigenvalue weighted by Crippen LogP contribution is -2.28. The molecule has 1 rings (SSSR count). The van der Waals surface area contributed by atoms with Gasteiger partial charge in [0.2, 0.25) is 0 Å². The first kappa shape index (κ1) is 7.29. The summed E-state index contributed by atoms with van der Waals surface area (Å²) in [5, 5.41) is 0. The van der Waals surface area contributed by atoms with Gasteiger partial charge in [0, 0.05) is 17.6 Å². The summed E-state index contributed by atoms with van der Waals surface area (Å²) in [5.41, 5.74) is 0. The second-order valence-corrected chi connectivity index (χ2v) is 3.33. The molecule has 0 radical (unpaired) electrons. The molecule has 0 aliphatic carbocycles. The molecule has 0 bridgehead atoms. The van der Waals surface area contributed by atoms with E-state index in [1.54, 1.807) is 0 Å². The Morgan fingerprint density at radius 3 is 3.00 bits per heavy atom. The molecule has 0 spiro atoms. The quantitative estimate of drug-likeness (QED) is 0.611. The van der Waals surface area contributed by atoms with Crippen molar-refractivity contribution in [3.8, 4) is 0 Å². The van der Waals surface area contributed by atoms with Gasteiger partial charge in [-0.05, 0) is 13.0 Å². The number of halogens is 1. The largest absolute Gasteiger partial charge is 0.299 e. The van der Waals surface area contributed by atoms with Crippen LogP contribution in [0.3, 0.4) is 0 Å². The predicted octanol–water partition coefficient (Wildman–Crippen LogP) is 1.99. The van der Waals surface area contributed by atoms with Gasteiger partial charge in [0.25, 0.3) is 0 Å². The maximum absolute atomic E-state index is 3.49. The fourth-order valence-electron chi connectivity index (χ4n) is 1.03. The highest BCUT2D eigenvalue weighted by Crippen LogP contribution is 2.13. The van der Waals surface area contributed by atoms with Crippen LogP contribution in [0.1, 0.15) is 13.3 Å². The summed E-state index contributed by atoms with van der Waals surface area (Å²) in [6.07, 6.45) is 3.46. The Bertz CT molecular complexity index is 120. The van der Waals surface area contributed by atoms with Crippen molar-refractivity contribution in [3.05, 3.63) is 10.6 Å². The third-order valence-electron chi connectivity index (χ3n) is 1.63. The van der Waals surface area contributed by atoms with Crippen LogP contribution in [-0.2, 0) is 0 Å². The van der Waals surface area contributed by atoms with Crippen molar-refractivity contribution in [2.24, 2.45) is 0 Å². The maximum Gasteiger partial charge on any atom is 0.0296 e. The molecule has 0 fully saturated rings. The molecule has 1 aliphatic heterocycles. The lowest BCUT2D eigenvalue weighted by atomic mass is 10.2. The molecule has 0 saturated carbocycles. The van der Waals surface area contributed by atoms with E-state index < -0.39 is 0 Å². The van der Waals surface area contributed by atoms with Crippen LogP contribution in [0.4, 0.5) is 0 Å². The van der Waals surface area contributed by atoms with Crippen molar-refractivity contribution in [1.29, 1.82) is 0 Å². The van der Waals surface area contributed by atoms with E-state index in [0.717, 1.165) is 6.54 Å². The molecule has 0 amide bonds. The van der Waals surface area contributed by atoms with Crippen LogP contribution in [-0.4, -0.2) is 24.5 Å². The standard InChI is InChI=1S/C7H12BrN/c1-2-9-5-3-4-7(8)6-9/h4H,2-3,5-6H2,1H3. The topological polar surface area (TPSA) is 3.24 Å². The molecule has 0 aromatic carbocycles. The lowest BCUT2D eigenvalue weighted by Gasteiger charge is -2.22. The molecule has 0 aromatic heterocycles. The Morgan fingerprint density at radius 2 is 2.56 bits per heavy atom. The molecule has 0 aromatic rings. The summed E-state index contributed by atoms with van der Waals surface area (Å²) in [6, 6.07) is 0.